The Morgan fingerprint density at radius 2 is 2.00 bits per heavy atom. The van der Waals surface area contributed by atoms with Gasteiger partial charge in [0, 0.05) is 29.8 Å². The highest BCUT2D eigenvalue weighted by Gasteiger charge is 2.30. The summed E-state index contributed by atoms with van der Waals surface area (Å²) in [5.74, 6) is 2.65. The molecule has 132 valence electrons. The van der Waals surface area contributed by atoms with Gasteiger partial charge < -0.3 is 19.7 Å². The molecule has 1 fully saturated rings. The molecule has 0 radical (unpaired) electrons. The Bertz CT molecular complexity index is 746. The number of benzene rings is 2. The molecule has 4 heteroatoms. The van der Waals surface area contributed by atoms with Crippen LogP contribution in [0.2, 0.25) is 0 Å². The summed E-state index contributed by atoms with van der Waals surface area (Å²) < 4.78 is 11.5. The average molecular weight is 338 g/mol. The largest absolute Gasteiger partial charge is 0.497 e. The van der Waals surface area contributed by atoms with Crippen molar-refractivity contribution in [2.45, 2.75) is 31.8 Å². The summed E-state index contributed by atoms with van der Waals surface area (Å²) in [7, 11) is 1.69. The van der Waals surface area contributed by atoms with Gasteiger partial charge in [-0.2, -0.15) is 0 Å². The Morgan fingerprint density at radius 1 is 1.16 bits per heavy atom. The van der Waals surface area contributed by atoms with Gasteiger partial charge in [0.25, 0.3) is 0 Å². The molecule has 2 aliphatic rings. The van der Waals surface area contributed by atoms with E-state index in [0.29, 0.717) is 6.04 Å². The number of fused-ring (bicyclic) bond motifs is 2. The number of ether oxygens (including phenoxy) is 2. The van der Waals surface area contributed by atoms with Crippen LogP contribution in [-0.2, 0) is 0 Å². The van der Waals surface area contributed by atoms with Crippen LogP contribution in [0.5, 0.6) is 17.2 Å². The molecule has 2 aromatic carbocycles. The van der Waals surface area contributed by atoms with Gasteiger partial charge in [-0.25, -0.2) is 0 Å². The van der Waals surface area contributed by atoms with E-state index in [0.717, 1.165) is 30.3 Å². The minimum atomic E-state index is 0.160. The molecule has 2 atom stereocenters. The van der Waals surface area contributed by atoms with Gasteiger partial charge in [0.2, 0.25) is 0 Å². The van der Waals surface area contributed by atoms with Gasteiger partial charge in [-0.3, -0.25) is 0 Å². The van der Waals surface area contributed by atoms with E-state index in [1.54, 1.807) is 7.11 Å². The van der Waals surface area contributed by atoms with E-state index < -0.39 is 0 Å². The first-order valence-electron chi connectivity index (χ1n) is 9.21. The van der Waals surface area contributed by atoms with Gasteiger partial charge in [-0.15, -0.1) is 0 Å². The maximum absolute atomic E-state index is 6.15. The zero-order valence-corrected chi connectivity index (χ0v) is 15.0. The second-order valence-electron chi connectivity index (χ2n) is 6.88. The van der Waals surface area contributed by atoms with Crippen molar-refractivity contribution in [2.24, 2.45) is 0 Å². The van der Waals surface area contributed by atoms with Crippen molar-refractivity contribution in [2.75, 3.05) is 26.7 Å². The summed E-state index contributed by atoms with van der Waals surface area (Å²) in [4.78, 5) is 2.53. The molecule has 0 saturated carbocycles. The van der Waals surface area contributed by atoms with Crippen LogP contribution in [0.25, 0.3) is 0 Å². The molecule has 4 rings (SSSR count). The van der Waals surface area contributed by atoms with E-state index in [1.165, 1.54) is 30.5 Å². The molecule has 1 N–H and O–H groups in total. The van der Waals surface area contributed by atoms with Crippen molar-refractivity contribution in [1.82, 2.24) is 10.2 Å². The van der Waals surface area contributed by atoms with Crippen molar-refractivity contribution in [3.05, 3.63) is 53.6 Å². The number of para-hydroxylation sites is 1. The Kier molecular flexibility index (Phi) is 4.64. The molecule has 2 heterocycles. The first kappa shape index (κ1) is 16.4. The van der Waals surface area contributed by atoms with Crippen LogP contribution >= 0.6 is 0 Å². The summed E-state index contributed by atoms with van der Waals surface area (Å²) in [5, 5.41) is 3.91. The zero-order valence-electron chi connectivity index (χ0n) is 15.0. The quantitative estimate of drug-likeness (QED) is 0.915. The number of likely N-dealkylation sites (tertiary alicyclic amines) is 1. The number of nitrogens with zero attached hydrogens (tertiary/aromatic N) is 1. The average Bonchev–Trinajstić information content (AvgIpc) is 2.67. The van der Waals surface area contributed by atoms with Crippen LogP contribution in [0, 0.1) is 0 Å². The lowest BCUT2D eigenvalue weighted by Gasteiger charge is -2.37. The van der Waals surface area contributed by atoms with Gasteiger partial charge in [0.15, 0.2) is 0 Å². The third-order valence-corrected chi connectivity index (χ3v) is 5.34. The molecular formula is C21H26N2O2. The molecule has 0 aliphatic carbocycles. The van der Waals surface area contributed by atoms with Crippen molar-refractivity contribution in [3.8, 4) is 17.2 Å². The summed E-state index contributed by atoms with van der Waals surface area (Å²) in [6.45, 7) is 5.69. The van der Waals surface area contributed by atoms with Gasteiger partial charge in [0.05, 0.1) is 13.2 Å². The lowest BCUT2D eigenvalue weighted by atomic mass is 9.92. The number of hydrogen-bond donors (Lipinski definition) is 1. The second-order valence-corrected chi connectivity index (χ2v) is 6.88. The highest BCUT2D eigenvalue weighted by molar-refractivity contribution is 5.55. The van der Waals surface area contributed by atoms with Crippen LogP contribution in [0.1, 0.15) is 36.9 Å². The number of piperidine rings is 1. The monoisotopic (exact) mass is 338 g/mol. The number of hydrogen-bond acceptors (Lipinski definition) is 4. The maximum Gasteiger partial charge on any atom is 0.136 e. The van der Waals surface area contributed by atoms with Gasteiger partial charge in [0.1, 0.15) is 17.2 Å². The Labute approximate surface area is 149 Å². The molecule has 25 heavy (non-hydrogen) atoms. The van der Waals surface area contributed by atoms with Crippen LogP contribution in [0.4, 0.5) is 0 Å². The third-order valence-electron chi connectivity index (χ3n) is 5.34. The molecule has 0 aromatic heterocycles. The first-order valence-corrected chi connectivity index (χ1v) is 9.21. The maximum atomic E-state index is 6.15. The van der Waals surface area contributed by atoms with Crippen molar-refractivity contribution < 1.29 is 9.47 Å². The summed E-state index contributed by atoms with van der Waals surface area (Å²) in [5.41, 5.74) is 2.40. The van der Waals surface area contributed by atoms with Gasteiger partial charge >= 0.3 is 0 Å². The number of methoxy groups -OCH3 is 1. The van der Waals surface area contributed by atoms with Crippen LogP contribution in [-0.4, -0.2) is 37.7 Å². The number of rotatable bonds is 4. The molecule has 2 aromatic rings. The van der Waals surface area contributed by atoms with Gasteiger partial charge in [-0.1, -0.05) is 25.1 Å². The molecule has 2 unspecified atom stereocenters. The fraction of sp³-hybridized carbons (Fsp3) is 0.429. The Hall–Kier alpha value is -2.04. The Balaban J connectivity index is 1.66. The number of nitrogens with one attached hydrogen (secondary N) is 1. The highest BCUT2D eigenvalue weighted by Crippen LogP contribution is 2.44. The van der Waals surface area contributed by atoms with E-state index >= 15 is 0 Å². The fourth-order valence-corrected chi connectivity index (χ4v) is 3.96. The van der Waals surface area contributed by atoms with Crippen molar-refractivity contribution >= 4 is 0 Å². The predicted octanol–water partition coefficient (Wildman–Crippen LogP) is 3.96. The topological polar surface area (TPSA) is 33.7 Å². The van der Waals surface area contributed by atoms with Crippen LogP contribution in [0.15, 0.2) is 42.5 Å². The molecule has 0 bridgehead atoms. The number of likely N-dealkylation sites (N-methyl/N-ethyl adjacent to an activating group) is 1. The van der Waals surface area contributed by atoms with E-state index in [-0.39, 0.29) is 6.04 Å². The van der Waals surface area contributed by atoms with E-state index in [4.69, 9.17) is 9.47 Å². The summed E-state index contributed by atoms with van der Waals surface area (Å²) >= 11 is 0. The molecule has 0 spiro atoms. The smallest absolute Gasteiger partial charge is 0.136 e. The highest BCUT2D eigenvalue weighted by atomic mass is 16.5. The van der Waals surface area contributed by atoms with Gasteiger partial charge in [-0.05, 0) is 44.1 Å². The van der Waals surface area contributed by atoms with Crippen molar-refractivity contribution in [1.29, 1.82) is 0 Å². The van der Waals surface area contributed by atoms with E-state index in [2.05, 4.69) is 35.3 Å². The predicted molar refractivity (Wildman–Crippen MR) is 99.6 cm³/mol. The third kappa shape index (κ3) is 3.24. The normalized spacial score (nSPS) is 22.6. The lowest BCUT2D eigenvalue weighted by molar-refractivity contribution is 0.192. The van der Waals surface area contributed by atoms with Crippen LogP contribution < -0.4 is 14.8 Å². The summed E-state index contributed by atoms with van der Waals surface area (Å²) in [6, 6.07) is 15.1. The lowest BCUT2D eigenvalue weighted by Crippen LogP contribution is -2.47. The minimum absolute atomic E-state index is 0.160. The van der Waals surface area contributed by atoms with Crippen LogP contribution in [0.3, 0.4) is 0 Å². The Morgan fingerprint density at radius 3 is 2.84 bits per heavy atom. The standard InChI is InChI=1S/C21H26N2O2/c1-3-23-12-6-7-15(14-23)22-21-17-8-4-5-9-19(17)25-20-13-16(24-2)10-11-18(20)21/h4-5,8-11,13,15,21-22H,3,6-7,12,14H2,1-2H3. The zero-order chi connectivity index (χ0) is 17.2. The molecule has 0 amide bonds. The molecule has 4 nitrogen and oxygen atoms in total. The van der Waals surface area contributed by atoms with Crippen molar-refractivity contribution in [3.63, 3.8) is 0 Å². The molecular weight excluding hydrogens is 312 g/mol. The summed E-state index contributed by atoms with van der Waals surface area (Å²) in [6.07, 6.45) is 2.48. The van der Waals surface area contributed by atoms with E-state index in [9.17, 15) is 0 Å². The minimum Gasteiger partial charge on any atom is -0.497 e. The first-order chi connectivity index (χ1) is 12.3. The molecule has 1 saturated heterocycles. The fourth-order valence-electron chi connectivity index (χ4n) is 3.96. The second kappa shape index (κ2) is 7.06. The van der Waals surface area contributed by atoms with E-state index in [1.807, 2.05) is 24.3 Å². The SMILES string of the molecule is CCN1CCCC(NC2c3ccccc3Oc3cc(OC)ccc32)C1. The molecule has 2 aliphatic heterocycles.